The Hall–Kier alpha value is -0.570. The van der Waals surface area contributed by atoms with Crippen LogP contribution in [0.5, 0.6) is 0 Å². The zero-order valence-electron chi connectivity index (χ0n) is 13.2. The molecule has 3 unspecified atom stereocenters. The molecule has 1 saturated carbocycles. The van der Waals surface area contributed by atoms with Gasteiger partial charge in [0.25, 0.3) is 0 Å². The van der Waals surface area contributed by atoms with Crippen molar-refractivity contribution in [3.8, 4) is 0 Å². The van der Waals surface area contributed by atoms with Crippen LogP contribution in [-0.4, -0.2) is 19.0 Å². The maximum atomic E-state index is 12.2. The molecule has 3 nitrogen and oxygen atoms in total. The zero-order valence-corrected chi connectivity index (χ0v) is 13.2. The lowest BCUT2D eigenvalue weighted by Gasteiger charge is -2.30. The molecule has 1 aliphatic carbocycles. The molecular formula is C16H32N2O. The fraction of sp³-hybridized carbons (Fsp3) is 0.938. The fourth-order valence-electron chi connectivity index (χ4n) is 2.73. The highest BCUT2D eigenvalue weighted by atomic mass is 16.1. The number of hydrogen-bond donors (Lipinski definition) is 2. The lowest BCUT2D eigenvalue weighted by atomic mass is 9.79. The Labute approximate surface area is 118 Å². The minimum absolute atomic E-state index is 0.220. The van der Waals surface area contributed by atoms with Crippen LogP contribution < -0.4 is 11.1 Å². The molecule has 3 heteroatoms. The Bertz CT molecular complexity index is 281. The molecule has 0 aromatic heterocycles. The average molecular weight is 268 g/mol. The first-order valence-corrected chi connectivity index (χ1v) is 7.82. The van der Waals surface area contributed by atoms with E-state index in [0.29, 0.717) is 11.8 Å². The molecule has 0 aromatic carbocycles. The number of carbonyl (C=O) groups is 1. The van der Waals surface area contributed by atoms with Crippen molar-refractivity contribution in [2.75, 3.05) is 13.1 Å². The van der Waals surface area contributed by atoms with Crippen LogP contribution in [0.15, 0.2) is 0 Å². The van der Waals surface area contributed by atoms with Gasteiger partial charge >= 0.3 is 0 Å². The van der Waals surface area contributed by atoms with Crippen molar-refractivity contribution < 1.29 is 4.79 Å². The van der Waals surface area contributed by atoms with E-state index in [4.69, 9.17) is 5.73 Å². The molecule has 1 amide bonds. The van der Waals surface area contributed by atoms with E-state index in [2.05, 4.69) is 33.0 Å². The lowest BCUT2D eigenvalue weighted by molar-refractivity contribution is -0.126. The number of rotatable bonds is 5. The summed E-state index contributed by atoms with van der Waals surface area (Å²) in [6, 6.07) is 0. The molecule has 1 rings (SSSR count). The van der Waals surface area contributed by atoms with E-state index in [-0.39, 0.29) is 17.2 Å². The predicted molar refractivity (Wildman–Crippen MR) is 80.7 cm³/mol. The number of carbonyl (C=O) groups excluding carboxylic acids is 1. The Morgan fingerprint density at radius 3 is 2.63 bits per heavy atom. The second-order valence-corrected chi connectivity index (χ2v) is 7.32. The number of amides is 1. The van der Waals surface area contributed by atoms with E-state index in [0.717, 1.165) is 32.4 Å². The largest absolute Gasteiger partial charge is 0.356 e. The quantitative estimate of drug-likeness (QED) is 0.805. The molecule has 0 spiro atoms. The van der Waals surface area contributed by atoms with Gasteiger partial charge in [-0.05, 0) is 43.1 Å². The molecule has 1 aliphatic rings. The van der Waals surface area contributed by atoms with Crippen LogP contribution in [0.25, 0.3) is 0 Å². The summed E-state index contributed by atoms with van der Waals surface area (Å²) in [7, 11) is 0. The smallest absolute Gasteiger partial charge is 0.223 e. The SMILES string of the molecule is CC(CNC(=O)C1CCCC(CCN)C1)C(C)(C)C. The summed E-state index contributed by atoms with van der Waals surface area (Å²) in [5, 5.41) is 3.15. The van der Waals surface area contributed by atoms with Gasteiger partial charge in [0.15, 0.2) is 0 Å². The van der Waals surface area contributed by atoms with Gasteiger partial charge in [-0.3, -0.25) is 4.79 Å². The number of hydrogen-bond acceptors (Lipinski definition) is 2. The van der Waals surface area contributed by atoms with Gasteiger partial charge in [-0.15, -0.1) is 0 Å². The van der Waals surface area contributed by atoms with Crippen molar-refractivity contribution in [3.05, 3.63) is 0 Å². The second kappa shape index (κ2) is 7.28. The van der Waals surface area contributed by atoms with Crippen LogP contribution in [-0.2, 0) is 4.79 Å². The Kier molecular flexibility index (Phi) is 6.31. The summed E-state index contributed by atoms with van der Waals surface area (Å²) in [5.74, 6) is 1.64. The molecule has 0 aliphatic heterocycles. The molecule has 112 valence electrons. The summed E-state index contributed by atoms with van der Waals surface area (Å²) >= 11 is 0. The first kappa shape index (κ1) is 16.5. The first-order valence-electron chi connectivity index (χ1n) is 7.82. The standard InChI is InChI=1S/C16H32N2O/c1-12(16(2,3)4)11-18-15(19)14-7-5-6-13(10-14)8-9-17/h12-14H,5-11,17H2,1-4H3,(H,18,19). The van der Waals surface area contributed by atoms with Crippen molar-refractivity contribution in [1.82, 2.24) is 5.32 Å². The van der Waals surface area contributed by atoms with Gasteiger partial charge in [-0.25, -0.2) is 0 Å². The molecule has 19 heavy (non-hydrogen) atoms. The minimum Gasteiger partial charge on any atom is -0.356 e. The highest BCUT2D eigenvalue weighted by Crippen LogP contribution is 2.31. The Balaban J connectivity index is 2.37. The van der Waals surface area contributed by atoms with Gasteiger partial charge in [-0.1, -0.05) is 40.5 Å². The van der Waals surface area contributed by atoms with Crippen molar-refractivity contribution in [3.63, 3.8) is 0 Å². The molecule has 0 radical (unpaired) electrons. The van der Waals surface area contributed by atoms with Gasteiger partial charge in [-0.2, -0.15) is 0 Å². The van der Waals surface area contributed by atoms with Crippen molar-refractivity contribution in [2.45, 2.75) is 59.8 Å². The first-order chi connectivity index (χ1) is 8.84. The topological polar surface area (TPSA) is 55.1 Å². The fourth-order valence-corrected chi connectivity index (χ4v) is 2.73. The molecule has 1 fully saturated rings. The van der Waals surface area contributed by atoms with Crippen LogP contribution in [0.1, 0.15) is 59.8 Å². The normalized spacial score (nSPS) is 25.9. The third-order valence-electron chi connectivity index (χ3n) is 4.79. The van der Waals surface area contributed by atoms with Gasteiger partial charge < -0.3 is 11.1 Å². The van der Waals surface area contributed by atoms with Crippen LogP contribution in [0.2, 0.25) is 0 Å². The minimum atomic E-state index is 0.220. The van der Waals surface area contributed by atoms with E-state index in [1.165, 1.54) is 12.8 Å². The summed E-state index contributed by atoms with van der Waals surface area (Å²) in [6.45, 7) is 10.4. The number of nitrogens with one attached hydrogen (secondary N) is 1. The third-order valence-corrected chi connectivity index (χ3v) is 4.79. The summed E-state index contributed by atoms with van der Waals surface area (Å²) in [5.41, 5.74) is 5.88. The summed E-state index contributed by atoms with van der Waals surface area (Å²) in [4.78, 5) is 12.2. The number of nitrogens with two attached hydrogens (primary N) is 1. The van der Waals surface area contributed by atoms with Crippen LogP contribution in [0.3, 0.4) is 0 Å². The molecule has 0 aromatic rings. The Morgan fingerprint density at radius 2 is 2.05 bits per heavy atom. The maximum absolute atomic E-state index is 12.2. The van der Waals surface area contributed by atoms with Gasteiger partial charge in [0.2, 0.25) is 5.91 Å². The third kappa shape index (κ3) is 5.52. The maximum Gasteiger partial charge on any atom is 0.223 e. The predicted octanol–water partition coefficient (Wildman–Crippen LogP) is 2.94. The molecule has 0 saturated heterocycles. The van der Waals surface area contributed by atoms with E-state index < -0.39 is 0 Å². The van der Waals surface area contributed by atoms with Crippen molar-refractivity contribution >= 4 is 5.91 Å². The van der Waals surface area contributed by atoms with E-state index >= 15 is 0 Å². The van der Waals surface area contributed by atoms with Crippen molar-refractivity contribution in [2.24, 2.45) is 28.9 Å². The molecular weight excluding hydrogens is 236 g/mol. The Morgan fingerprint density at radius 1 is 1.37 bits per heavy atom. The van der Waals surface area contributed by atoms with E-state index in [1.54, 1.807) is 0 Å². The van der Waals surface area contributed by atoms with Crippen molar-refractivity contribution in [1.29, 1.82) is 0 Å². The summed E-state index contributed by atoms with van der Waals surface area (Å²) in [6.07, 6.45) is 5.59. The average Bonchev–Trinajstić information content (AvgIpc) is 2.35. The highest BCUT2D eigenvalue weighted by molar-refractivity contribution is 5.78. The van der Waals surface area contributed by atoms with E-state index in [9.17, 15) is 4.79 Å². The zero-order chi connectivity index (χ0) is 14.5. The van der Waals surface area contributed by atoms with Gasteiger partial charge in [0.1, 0.15) is 0 Å². The monoisotopic (exact) mass is 268 g/mol. The molecule has 0 bridgehead atoms. The lowest BCUT2D eigenvalue weighted by Crippen LogP contribution is -2.38. The summed E-state index contributed by atoms with van der Waals surface area (Å²) < 4.78 is 0. The molecule has 3 atom stereocenters. The van der Waals surface area contributed by atoms with Gasteiger partial charge in [0, 0.05) is 12.5 Å². The second-order valence-electron chi connectivity index (χ2n) is 7.32. The van der Waals surface area contributed by atoms with E-state index in [1.807, 2.05) is 0 Å². The molecule has 3 N–H and O–H groups in total. The van der Waals surface area contributed by atoms with Gasteiger partial charge in [0.05, 0.1) is 0 Å². The highest BCUT2D eigenvalue weighted by Gasteiger charge is 2.27. The van der Waals surface area contributed by atoms with Crippen LogP contribution in [0, 0.1) is 23.2 Å². The van der Waals surface area contributed by atoms with Crippen LogP contribution >= 0.6 is 0 Å². The molecule has 0 heterocycles. The van der Waals surface area contributed by atoms with Crippen LogP contribution in [0.4, 0.5) is 0 Å².